The van der Waals surface area contributed by atoms with E-state index in [1.54, 1.807) is 11.1 Å². The van der Waals surface area contributed by atoms with Crippen molar-refractivity contribution >= 4 is 0 Å². The van der Waals surface area contributed by atoms with E-state index in [0.29, 0.717) is 22.9 Å². The first kappa shape index (κ1) is 23.6. The maximum atomic E-state index is 10.3. The average Bonchev–Trinajstić information content (AvgIpc) is 3.49. The van der Waals surface area contributed by atoms with E-state index < -0.39 is 0 Å². The van der Waals surface area contributed by atoms with Crippen molar-refractivity contribution in [2.24, 2.45) is 40.4 Å². The molecule has 0 aromatic carbocycles. The smallest absolute Gasteiger partial charge is 0.106 e. The normalized spacial score (nSPS) is 46.9. The highest BCUT2D eigenvalue weighted by molar-refractivity contribution is 5.30. The third kappa shape index (κ3) is 3.66. The average molecular weight is 468 g/mol. The Morgan fingerprint density at radius 1 is 1.15 bits per heavy atom. The molecule has 0 aromatic rings. The summed E-state index contributed by atoms with van der Waals surface area (Å²) in [6, 6.07) is 0. The number of nitrogens with zero attached hydrogens (tertiary/aromatic N) is 1. The molecule has 0 unspecified atom stereocenters. The fourth-order valence-electron chi connectivity index (χ4n) is 10.1. The predicted octanol–water partition coefficient (Wildman–Crippen LogP) is 6.72. The lowest BCUT2D eigenvalue weighted by Crippen LogP contribution is -2.50. The molecule has 0 bridgehead atoms. The molecule has 0 spiro atoms. The Kier molecular flexibility index (Phi) is 6.00. The third-order valence-corrected chi connectivity index (χ3v) is 11.9. The van der Waals surface area contributed by atoms with Gasteiger partial charge in [-0.15, -0.1) is 0 Å². The fourth-order valence-corrected chi connectivity index (χ4v) is 10.1. The van der Waals surface area contributed by atoms with Gasteiger partial charge in [-0.2, -0.15) is 0 Å². The van der Waals surface area contributed by atoms with Crippen LogP contribution in [0.25, 0.3) is 0 Å². The number of allylic oxidation sites excluding steroid dienone is 2. The van der Waals surface area contributed by atoms with E-state index in [-0.39, 0.29) is 6.10 Å². The minimum absolute atomic E-state index is 0.103. The van der Waals surface area contributed by atoms with Gasteiger partial charge in [0.05, 0.1) is 11.9 Å². The minimum atomic E-state index is -0.103. The summed E-state index contributed by atoms with van der Waals surface area (Å²) in [5.74, 6) is 5.20. The standard InChI is InChI=1S/C31H49NO2/c1-20(19-32-15-5-6-16-32)7-10-27-21(2)29-28(34-27)18-26-24-9-8-22-17-23(33)11-13-30(22,3)25(24)12-14-31(26,29)4/h8,20,23-26,28-29,33H,5-7,9-19H2,1-4H3/t20-,23+,24-,25+,26+,28+,29+,30+,31+/m1/s1. The number of likely N-dealkylation sites (tertiary alicyclic amines) is 1. The fraction of sp³-hybridized carbons (Fsp3) is 0.871. The Morgan fingerprint density at radius 2 is 1.94 bits per heavy atom. The molecule has 0 aromatic heterocycles. The van der Waals surface area contributed by atoms with Crippen LogP contribution in [0.1, 0.15) is 98.3 Å². The lowest BCUT2D eigenvalue weighted by atomic mass is 9.47. The number of rotatable bonds is 5. The SMILES string of the molecule is CC1=C(CC[C@@H](C)CN2CCCC2)O[C@H]2C[C@H]3[C@@H]4CC=C5C[C@@H](O)CC[C@]5(C)[C@H]4CC[C@]3(C)[C@@H]12. The van der Waals surface area contributed by atoms with Crippen molar-refractivity contribution in [2.75, 3.05) is 19.6 Å². The lowest BCUT2D eigenvalue weighted by Gasteiger charge is -2.57. The molecule has 2 heterocycles. The van der Waals surface area contributed by atoms with E-state index in [1.807, 2.05) is 0 Å². The second-order valence-electron chi connectivity index (χ2n) is 13.8. The summed E-state index contributed by atoms with van der Waals surface area (Å²) in [7, 11) is 0. The molecule has 190 valence electrons. The van der Waals surface area contributed by atoms with Gasteiger partial charge in [0.2, 0.25) is 0 Å². The number of ether oxygens (including phenoxy) is 1. The molecule has 0 amide bonds. The summed E-state index contributed by atoms with van der Waals surface area (Å²) >= 11 is 0. The molecule has 3 nitrogen and oxygen atoms in total. The van der Waals surface area contributed by atoms with Gasteiger partial charge in [-0.05, 0) is 124 Å². The van der Waals surface area contributed by atoms with Crippen molar-refractivity contribution in [3.63, 3.8) is 0 Å². The number of hydrogen-bond donors (Lipinski definition) is 1. The molecule has 3 saturated carbocycles. The topological polar surface area (TPSA) is 32.7 Å². The Balaban J connectivity index is 1.16. The molecular weight excluding hydrogens is 418 g/mol. The van der Waals surface area contributed by atoms with E-state index in [0.717, 1.165) is 42.9 Å². The summed E-state index contributed by atoms with van der Waals surface area (Å²) in [6.07, 6.45) is 16.5. The number of aliphatic hydroxyl groups excluding tert-OH is 1. The molecule has 1 saturated heterocycles. The number of aliphatic hydroxyl groups is 1. The van der Waals surface area contributed by atoms with Crippen molar-refractivity contribution in [3.05, 3.63) is 23.0 Å². The molecule has 2 aliphatic heterocycles. The molecule has 9 atom stereocenters. The first-order chi connectivity index (χ1) is 16.3. The lowest BCUT2D eigenvalue weighted by molar-refractivity contribution is -0.0454. The first-order valence-electron chi connectivity index (χ1n) is 14.8. The maximum Gasteiger partial charge on any atom is 0.106 e. The molecule has 3 heteroatoms. The molecular formula is C31H49NO2. The van der Waals surface area contributed by atoms with Crippen molar-refractivity contribution in [2.45, 2.75) is 111 Å². The van der Waals surface area contributed by atoms with Gasteiger partial charge in [-0.25, -0.2) is 0 Å². The van der Waals surface area contributed by atoms with E-state index in [2.05, 4.69) is 38.7 Å². The first-order valence-corrected chi connectivity index (χ1v) is 14.8. The Morgan fingerprint density at radius 3 is 2.74 bits per heavy atom. The van der Waals surface area contributed by atoms with Crippen LogP contribution in [0, 0.1) is 40.4 Å². The van der Waals surface area contributed by atoms with Gasteiger partial charge in [0.15, 0.2) is 0 Å². The summed E-state index contributed by atoms with van der Waals surface area (Å²) in [5.41, 5.74) is 3.95. The molecule has 1 N–H and O–H groups in total. The zero-order chi connectivity index (χ0) is 23.7. The van der Waals surface area contributed by atoms with Crippen LogP contribution < -0.4 is 0 Å². The van der Waals surface area contributed by atoms with Gasteiger partial charge >= 0.3 is 0 Å². The van der Waals surface area contributed by atoms with Crippen LogP contribution in [0.2, 0.25) is 0 Å². The van der Waals surface area contributed by atoms with Gasteiger partial charge in [-0.1, -0.05) is 32.4 Å². The van der Waals surface area contributed by atoms with Gasteiger partial charge in [0.1, 0.15) is 6.10 Å². The Hall–Kier alpha value is -0.800. The predicted molar refractivity (Wildman–Crippen MR) is 138 cm³/mol. The second kappa shape index (κ2) is 8.65. The monoisotopic (exact) mass is 467 g/mol. The van der Waals surface area contributed by atoms with Crippen LogP contribution in [0.4, 0.5) is 0 Å². The Bertz CT molecular complexity index is 855. The zero-order valence-electron chi connectivity index (χ0n) is 22.3. The summed E-state index contributed by atoms with van der Waals surface area (Å²) in [5, 5.41) is 10.3. The van der Waals surface area contributed by atoms with Crippen LogP contribution in [-0.4, -0.2) is 41.8 Å². The maximum absolute atomic E-state index is 10.3. The molecule has 34 heavy (non-hydrogen) atoms. The number of fused-ring (bicyclic) bond motifs is 7. The number of hydrogen-bond acceptors (Lipinski definition) is 3. The van der Waals surface area contributed by atoms with Crippen LogP contribution >= 0.6 is 0 Å². The van der Waals surface area contributed by atoms with Crippen molar-refractivity contribution in [1.29, 1.82) is 0 Å². The Labute approximate surface area is 208 Å². The van der Waals surface area contributed by atoms with Gasteiger partial charge in [-0.3, -0.25) is 0 Å². The van der Waals surface area contributed by atoms with Crippen LogP contribution in [-0.2, 0) is 4.74 Å². The van der Waals surface area contributed by atoms with Crippen molar-refractivity contribution < 1.29 is 9.84 Å². The minimum Gasteiger partial charge on any atom is -0.494 e. The van der Waals surface area contributed by atoms with Gasteiger partial charge < -0.3 is 14.7 Å². The highest BCUT2D eigenvalue weighted by atomic mass is 16.5. The largest absolute Gasteiger partial charge is 0.494 e. The summed E-state index contributed by atoms with van der Waals surface area (Å²) < 4.78 is 6.82. The van der Waals surface area contributed by atoms with Gasteiger partial charge in [0, 0.05) is 18.9 Å². The van der Waals surface area contributed by atoms with E-state index in [9.17, 15) is 5.11 Å². The quantitative estimate of drug-likeness (QED) is 0.456. The van der Waals surface area contributed by atoms with Crippen LogP contribution in [0.15, 0.2) is 23.0 Å². The molecule has 6 aliphatic rings. The van der Waals surface area contributed by atoms with Gasteiger partial charge in [0.25, 0.3) is 0 Å². The highest BCUT2D eigenvalue weighted by Gasteiger charge is 2.63. The molecule has 6 rings (SSSR count). The van der Waals surface area contributed by atoms with Crippen molar-refractivity contribution in [3.8, 4) is 0 Å². The van der Waals surface area contributed by atoms with Crippen LogP contribution in [0.5, 0.6) is 0 Å². The van der Waals surface area contributed by atoms with Crippen LogP contribution in [0.3, 0.4) is 0 Å². The molecule has 0 radical (unpaired) electrons. The summed E-state index contributed by atoms with van der Waals surface area (Å²) in [6.45, 7) is 13.9. The van der Waals surface area contributed by atoms with E-state index in [4.69, 9.17) is 4.74 Å². The zero-order valence-corrected chi connectivity index (χ0v) is 22.3. The summed E-state index contributed by atoms with van der Waals surface area (Å²) in [4.78, 5) is 2.66. The molecule has 4 aliphatic carbocycles. The molecule has 4 fully saturated rings. The highest BCUT2D eigenvalue weighted by Crippen LogP contribution is 2.68. The van der Waals surface area contributed by atoms with E-state index >= 15 is 0 Å². The van der Waals surface area contributed by atoms with Crippen molar-refractivity contribution in [1.82, 2.24) is 4.90 Å². The third-order valence-electron chi connectivity index (χ3n) is 11.9. The second-order valence-corrected chi connectivity index (χ2v) is 13.8. The van der Waals surface area contributed by atoms with E-state index in [1.165, 1.54) is 76.8 Å².